The lowest BCUT2D eigenvalue weighted by atomic mass is 9.90. The van der Waals surface area contributed by atoms with E-state index >= 15 is 0 Å². The minimum absolute atomic E-state index is 0.0866. The average Bonchev–Trinajstić information content (AvgIpc) is 3.31. The number of carbonyl (C=O) groups excluding carboxylic acids is 3. The molecule has 33 heavy (non-hydrogen) atoms. The number of hydrogen-bond donors (Lipinski definition) is 1. The van der Waals surface area contributed by atoms with Gasteiger partial charge in [-0.15, -0.1) is 0 Å². The van der Waals surface area contributed by atoms with Gasteiger partial charge in [0.25, 0.3) is 5.91 Å². The first-order chi connectivity index (χ1) is 16.0. The molecule has 0 aliphatic carbocycles. The second-order valence-corrected chi connectivity index (χ2v) is 7.92. The summed E-state index contributed by atoms with van der Waals surface area (Å²) in [7, 11) is 0. The maximum Gasteiger partial charge on any atom is 0.266 e. The predicted octanol–water partition coefficient (Wildman–Crippen LogP) is 3.84. The second-order valence-electron chi connectivity index (χ2n) is 7.92. The highest BCUT2D eigenvalue weighted by Gasteiger charge is 2.60. The Hall–Kier alpha value is -4.04. The number of rotatable bonds is 4. The van der Waals surface area contributed by atoms with Crippen LogP contribution in [0.25, 0.3) is 0 Å². The number of benzene rings is 3. The Kier molecular flexibility index (Phi) is 5.14. The molecule has 3 amide bonds. The number of hydroxylamine groups is 1. The van der Waals surface area contributed by atoms with E-state index in [1.54, 1.807) is 35.4 Å². The quantitative estimate of drug-likeness (QED) is 0.618. The van der Waals surface area contributed by atoms with Crippen LogP contribution in [0.4, 0.5) is 21.5 Å². The molecular weight excluding hydrogens is 425 g/mol. The smallest absolute Gasteiger partial charge is 0.266 e. The van der Waals surface area contributed by atoms with Crippen molar-refractivity contribution in [1.29, 1.82) is 0 Å². The summed E-state index contributed by atoms with van der Waals surface area (Å²) >= 11 is 0. The standard InChI is InChI=1S/C25H20FN3O4/c1-15(30)27-17-13-11-16(12-14-17)22-21-23(33-29(22)18-7-3-2-4-8-18)25(32)28(24(21)31)20-10-6-5-9-19(20)26/h2-14,21-23H,1H3,(H,27,30)/t21-,22-,23-/m1/s1. The number of nitrogens with one attached hydrogen (secondary N) is 1. The van der Waals surface area contributed by atoms with Crippen molar-refractivity contribution >= 4 is 34.8 Å². The van der Waals surface area contributed by atoms with Gasteiger partial charge in [0, 0.05) is 12.6 Å². The Bertz CT molecular complexity index is 1230. The summed E-state index contributed by atoms with van der Waals surface area (Å²) in [6.07, 6.45) is -1.09. The van der Waals surface area contributed by atoms with Gasteiger partial charge in [0.05, 0.1) is 17.4 Å². The number of halogens is 1. The molecule has 2 fully saturated rings. The van der Waals surface area contributed by atoms with Crippen LogP contribution in [-0.4, -0.2) is 23.8 Å². The van der Waals surface area contributed by atoms with Gasteiger partial charge in [-0.2, -0.15) is 0 Å². The molecule has 0 aromatic heterocycles. The lowest BCUT2D eigenvalue weighted by Crippen LogP contribution is -2.37. The second kappa shape index (κ2) is 8.14. The van der Waals surface area contributed by atoms with Crippen LogP contribution in [0.3, 0.4) is 0 Å². The van der Waals surface area contributed by atoms with Crippen molar-refractivity contribution in [1.82, 2.24) is 0 Å². The molecule has 0 saturated carbocycles. The number of nitrogens with zero attached hydrogens (tertiary/aromatic N) is 2. The van der Waals surface area contributed by atoms with Crippen molar-refractivity contribution in [3.63, 3.8) is 0 Å². The lowest BCUT2D eigenvalue weighted by molar-refractivity contribution is -0.126. The van der Waals surface area contributed by atoms with Gasteiger partial charge >= 0.3 is 0 Å². The maximum absolute atomic E-state index is 14.4. The van der Waals surface area contributed by atoms with Crippen molar-refractivity contribution in [3.05, 3.63) is 90.2 Å². The van der Waals surface area contributed by atoms with Crippen molar-refractivity contribution in [2.24, 2.45) is 5.92 Å². The van der Waals surface area contributed by atoms with E-state index in [0.29, 0.717) is 11.4 Å². The van der Waals surface area contributed by atoms with Gasteiger partial charge in [0.2, 0.25) is 11.8 Å². The van der Waals surface area contributed by atoms with Crippen molar-refractivity contribution in [3.8, 4) is 0 Å². The molecule has 2 aliphatic heterocycles. The number of imide groups is 1. The summed E-state index contributed by atoms with van der Waals surface area (Å²) in [6, 6.07) is 21.2. The molecule has 2 heterocycles. The van der Waals surface area contributed by atoms with Crippen LogP contribution in [0.2, 0.25) is 0 Å². The van der Waals surface area contributed by atoms with E-state index in [2.05, 4.69) is 5.32 Å². The first kappa shape index (κ1) is 20.8. The molecule has 166 valence electrons. The molecule has 7 nitrogen and oxygen atoms in total. The Morgan fingerprint density at radius 1 is 0.909 bits per heavy atom. The van der Waals surface area contributed by atoms with Crippen molar-refractivity contribution in [2.75, 3.05) is 15.3 Å². The van der Waals surface area contributed by atoms with Crippen LogP contribution in [0, 0.1) is 11.7 Å². The van der Waals surface area contributed by atoms with Crippen LogP contribution >= 0.6 is 0 Å². The monoisotopic (exact) mass is 445 g/mol. The summed E-state index contributed by atoms with van der Waals surface area (Å²) in [6.45, 7) is 1.42. The number of anilines is 3. The van der Waals surface area contributed by atoms with Gasteiger partial charge in [-0.05, 0) is 42.0 Å². The summed E-state index contributed by atoms with van der Waals surface area (Å²) in [5, 5.41) is 4.27. The first-order valence-electron chi connectivity index (χ1n) is 10.5. The zero-order valence-electron chi connectivity index (χ0n) is 17.6. The highest BCUT2D eigenvalue weighted by molar-refractivity contribution is 6.24. The molecule has 3 aromatic rings. The third kappa shape index (κ3) is 3.54. The number of fused-ring (bicyclic) bond motifs is 1. The summed E-state index contributed by atoms with van der Waals surface area (Å²) in [5.74, 6) is -2.85. The fourth-order valence-corrected chi connectivity index (χ4v) is 4.39. The number of para-hydroxylation sites is 2. The Morgan fingerprint density at radius 3 is 2.24 bits per heavy atom. The van der Waals surface area contributed by atoms with Crippen LogP contribution in [0.15, 0.2) is 78.9 Å². The van der Waals surface area contributed by atoms with Gasteiger partial charge in [-0.3, -0.25) is 19.2 Å². The SMILES string of the molecule is CC(=O)Nc1ccc([C@@H]2[C@H]3C(=O)N(c4ccccc4F)C(=O)[C@@H]3ON2c2ccccc2)cc1. The Labute approximate surface area is 189 Å². The molecule has 3 atom stereocenters. The summed E-state index contributed by atoms with van der Waals surface area (Å²) in [5.41, 5.74) is 1.92. The summed E-state index contributed by atoms with van der Waals surface area (Å²) < 4.78 is 14.4. The number of amides is 3. The predicted molar refractivity (Wildman–Crippen MR) is 120 cm³/mol. The highest BCUT2D eigenvalue weighted by Crippen LogP contribution is 2.47. The number of carbonyl (C=O) groups is 3. The molecule has 3 aromatic carbocycles. The zero-order chi connectivity index (χ0) is 23.1. The Morgan fingerprint density at radius 2 is 1.58 bits per heavy atom. The normalized spacial score (nSPS) is 21.9. The molecule has 0 radical (unpaired) electrons. The molecule has 5 rings (SSSR count). The van der Waals surface area contributed by atoms with Gasteiger partial charge in [-0.1, -0.05) is 42.5 Å². The van der Waals surface area contributed by atoms with Crippen LogP contribution < -0.4 is 15.3 Å². The third-order valence-electron chi connectivity index (χ3n) is 5.79. The Balaban J connectivity index is 1.56. The third-order valence-corrected chi connectivity index (χ3v) is 5.79. The van der Waals surface area contributed by atoms with E-state index in [-0.39, 0.29) is 11.6 Å². The van der Waals surface area contributed by atoms with E-state index < -0.39 is 35.7 Å². The molecule has 0 unspecified atom stereocenters. The summed E-state index contributed by atoms with van der Waals surface area (Å²) in [4.78, 5) is 45.0. The fourth-order valence-electron chi connectivity index (χ4n) is 4.39. The van der Waals surface area contributed by atoms with E-state index in [1.165, 1.54) is 25.1 Å². The molecule has 2 saturated heterocycles. The van der Waals surface area contributed by atoms with Crippen LogP contribution in [-0.2, 0) is 19.2 Å². The molecule has 8 heteroatoms. The van der Waals surface area contributed by atoms with E-state index in [1.807, 2.05) is 30.3 Å². The zero-order valence-corrected chi connectivity index (χ0v) is 17.6. The molecule has 0 spiro atoms. The fraction of sp³-hybridized carbons (Fsp3) is 0.160. The van der Waals surface area contributed by atoms with Gasteiger partial charge in [-0.25, -0.2) is 14.4 Å². The van der Waals surface area contributed by atoms with Crippen LogP contribution in [0.1, 0.15) is 18.5 Å². The molecular formula is C25H20FN3O4. The topological polar surface area (TPSA) is 79.0 Å². The highest BCUT2D eigenvalue weighted by atomic mass is 19.1. The molecule has 1 N–H and O–H groups in total. The van der Waals surface area contributed by atoms with Gasteiger partial charge in [0.1, 0.15) is 11.7 Å². The average molecular weight is 445 g/mol. The van der Waals surface area contributed by atoms with E-state index in [4.69, 9.17) is 4.84 Å². The van der Waals surface area contributed by atoms with Gasteiger partial charge < -0.3 is 5.32 Å². The van der Waals surface area contributed by atoms with Crippen molar-refractivity contribution < 1.29 is 23.6 Å². The van der Waals surface area contributed by atoms with E-state index in [0.717, 1.165) is 10.5 Å². The van der Waals surface area contributed by atoms with E-state index in [9.17, 15) is 18.8 Å². The lowest BCUT2D eigenvalue weighted by Gasteiger charge is -2.29. The maximum atomic E-state index is 14.4. The minimum atomic E-state index is -1.09. The van der Waals surface area contributed by atoms with Gasteiger partial charge in [0.15, 0.2) is 6.10 Å². The van der Waals surface area contributed by atoms with Crippen LogP contribution in [0.5, 0.6) is 0 Å². The molecule has 0 bridgehead atoms. The molecule has 2 aliphatic rings. The minimum Gasteiger partial charge on any atom is -0.326 e. The first-order valence-corrected chi connectivity index (χ1v) is 10.5. The van der Waals surface area contributed by atoms with Crippen molar-refractivity contribution in [2.45, 2.75) is 19.1 Å². The largest absolute Gasteiger partial charge is 0.326 e. The number of hydrogen-bond acceptors (Lipinski definition) is 5.